The van der Waals surface area contributed by atoms with E-state index in [1.54, 1.807) is 12.1 Å². The van der Waals surface area contributed by atoms with E-state index in [4.69, 9.17) is 11.6 Å². The molecule has 0 bridgehead atoms. The number of phenols is 1. The summed E-state index contributed by atoms with van der Waals surface area (Å²) in [5.74, 6) is 0.204. The highest BCUT2D eigenvalue weighted by atomic mass is 79.9. The molecule has 13 heavy (non-hydrogen) atoms. The molecule has 2 rings (SSSR count). The maximum atomic E-state index is 9.62. The van der Waals surface area contributed by atoms with Crippen molar-refractivity contribution in [3.63, 3.8) is 0 Å². The topological polar surface area (TPSA) is 20.2 Å². The van der Waals surface area contributed by atoms with Crippen LogP contribution in [0, 0.1) is 0 Å². The van der Waals surface area contributed by atoms with Crippen molar-refractivity contribution in [2.75, 3.05) is 0 Å². The first-order valence-corrected chi connectivity index (χ1v) is 4.92. The summed E-state index contributed by atoms with van der Waals surface area (Å²) in [7, 11) is 0. The van der Waals surface area contributed by atoms with Crippen LogP contribution >= 0.6 is 27.5 Å². The lowest BCUT2D eigenvalue weighted by Gasteiger charge is -2.03. The van der Waals surface area contributed by atoms with Crippen molar-refractivity contribution < 1.29 is 5.11 Å². The van der Waals surface area contributed by atoms with Crippen molar-refractivity contribution in [2.24, 2.45) is 0 Å². The van der Waals surface area contributed by atoms with Crippen LogP contribution < -0.4 is 0 Å². The number of aromatic hydroxyl groups is 1. The molecular weight excluding hydrogens is 251 g/mol. The fourth-order valence-electron chi connectivity index (χ4n) is 1.32. The largest absolute Gasteiger partial charge is 0.507 e. The van der Waals surface area contributed by atoms with Gasteiger partial charge in [0.25, 0.3) is 0 Å². The Bertz CT molecular complexity index is 468. The average molecular weight is 258 g/mol. The summed E-state index contributed by atoms with van der Waals surface area (Å²) in [6.07, 6.45) is 0. The Hall–Kier alpha value is -0.730. The van der Waals surface area contributed by atoms with Gasteiger partial charge in [-0.1, -0.05) is 39.7 Å². The van der Waals surface area contributed by atoms with E-state index in [1.165, 1.54) is 0 Å². The van der Waals surface area contributed by atoms with Gasteiger partial charge in [0.05, 0.1) is 5.02 Å². The second-order valence-electron chi connectivity index (χ2n) is 2.76. The van der Waals surface area contributed by atoms with Crippen molar-refractivity contribution in [1.29, 1.82) is 0 Å². The summed E-state index contributed by atoms with van der Waals surface area (Å²) in [4.78, 5) is 0. The Morgan fingerprint density at radius 3 is 2.77 bits per heavy atom. The standard InChI is InChI=1S/C10H6BrClO/c11-7-4-6-2-1-3-8(12)10(6)9(13)5-7/h1-5,13H. The fraction of sp³-hybridized carbons (Fsp3) is 0. The molecule has 0 unspecified atom stereocenters. The van der Waals surface area contributed by atoms with Crippen LogP contribution in [-0.4, -0.2) is 5.11 Å². The van der Waals surface area contributed by atoms with Gasteiger partial charge in [-0.05, 0) is 23.6 Å². The van der Waals surface area contributed by atoms with Crippen molar-refractivity contribution in [2.45, 2.75) is 0 Å². The van der Waals surface area contributed by atoms with Gasteiger partial charge in [0.2, 0.25) is 0 Å². The number of rotatable bonds is 0. The number of phenolic OH excluding ortho intramolecular Hbond substituents is 1. The quantitative estimate of drug-likeness (QED) is 0.757. The summed E-state index contributed by atoms with van der Waals surface area (Å²) in [5.41, 5.74) is 0. The van der Waals surface area contributed by atoms with Gasteiger partial charge in [-0.2, -0.15) is 0 Å². The molecule has 0 saturated carbocycles. The van der Waals surface area contributed by atoms with Gasteiger partial charge in [0, 0.05) is 9.86 Å². The minimum atomic E-state index is 0.204. The normalized spacial score (nSPS) is 10.6. The molecular formula is C10H6BrClO. The molecule has 0 saturated heterocycles. The third-order valence-electron chi connectivity index (χ3n) is 1.87. The second-order valence-corrected chi connectivity index (χ2v) is 4.09. The van der Waals surface area contributed by atoms with Crippen LogP contribution in [0.25, 0.3) is 10.8 Å². The SMILES string of the molecule is Oc1cc(Br)cc2cccc(Cl)c12. The first-order chi connectivity index (χ1) is 6.18. The Kier molecular flexibility index (Phi) is 2.18. The zero-order valence-corrected chi connectivity index (χ0v) is 8.93. The lowest BCUT2D eigenvalue weighted by Crippen LogP contribution is -1.76. The summed E-state index contributed by atoms with van der Waals surface area (Å²) >= 11 is 9.24. The van der Waals surface area contributed by atoms with Gasteiger partial charge >= 0.3 is 0 Å². The molecule has 0 aliphatic heterocycles. The monoisotopic (exact) mass is 256 g/mol. The molecule has 0 spiro atoms. The molecule has 0 heterocycles. The summed E-state index contributed by atoms with van der Waals surface area (Å²) in [5, 5.41) is 11.8. The second kappa shape index (κ2) is 3.20. The van der Waals surface area contributed by atoms with Crippen molar-refractivity contribution in [1.82, 2.24) is 0 Å². The zero-order chi connectivity index (χ0) is 9.42. The van der Waals surface area contributed by atoms with E-state index in [9.17, 15) is 5.11 Å². The van der Waals surface area contributed by atoms with E-state index in [0.29, 0.717) is 10.4 Å². The van der Waals surface area contributed by atoms with Crippen LogP contribution in [-0.2, 0) is 0 Å². The third kappa shape index (κ3) is 1.52. The number of fused-ring (bicyclic) bond motifs is 1. The van der Waals surface area contributed by atoms with Crippen LogP contribution in [0.4, 0.5) is 0 Å². The zero-order valence-electron chi connectivity index (χ0n) is 6.59. The molecule has 0 aliphatic carbocycles. The van der Waals surface area contributed by atoms with Gasteiger partial charge in [0.1, 0.15) is 5.75 Å². The highest BCUT2D eigenvalue weighted by Crippen LogP contribution is 2.33. The highest BCUT2D eigenvalue weighted by molar-refractivity contribution is 9.10. The summed E-state index contributed by atoms with van der Waals surface area (Å²) in [6, 6.07) is 9.08. The number of halogens is 2. The molecule has 0 amide bonds. The Balaban J connectivity index is 2.94. The highest BCUT2D eigenvalue weighted by Gasteiger charge is 2.04. The number of benzene rings is 2. The van der Waals surface area contributed by atoms with Crippen LogP contribution in [0.1, 0.15) is 0 Å². The van der Waals surface area contributed by atoms with E-state index in [0.717, 1.165) is 9.86 Å². The number of hydrogen-bond acceptors (Lipinski definition) is 1. The molecule has 0 radical (unpaired) electrons. The van der Waals surface area contributed by atoms with Gasteiger partial charge in [0.15, 0.2) is 0 Å². The van der Waals surface area contributed by atoms with Gasteiger partial charge in [-0.15, -0.1) is 0 Å². The van der Waals surface area contributed by atoms with Crippen LogP contribution in [0.5, 0.6) is 5.75 Å². The minimum Gasteiger partial charge on any atom is -0.507 e. The van der Waals surface area contributed by atoms with Crippen LogP contribution in [0.3, 0.4) is 0 Å². The lowest BCUT2D eigenvalue weighted by atomic mass is 10.1. The first-order valence-electron chi connectivity index (χ1n) is 3.75. The van der Waals surface area contributed by atoms with E-state index in [1.807, 2.05) is 18.2 Å². The lowest BCUT2D eigenvalue weighted by molar-refractivity contribution is 0.481. The van der Waals surface area contributed by atoms with Gasteiger partial charge in [-0.25, -0.2) is 0 Å². The summed E-state index contributed by atoms with van der Waals surface area (Å²) in [6.45, 7) is 0. The molecule has 2 aromatic rings. The predicted molar refractivity (Wildman–Crippen MR) is 58.3 cm³/mol. The Labute approximate surface area is 89.1 Å². The molecule has 0 aliphatic rings. The first kappa shape index (κ1) is 8.85. The van der Waals surface area contributed by atoms with Crippen LogP contribution in [0.2, 0.25) is 5.02 Å². The molecule has 66 valence electrons. The molecule has 1 N–H and O–H groups in total. The van der Waals surface area contributed by atoms with Crippen LogP contribution in [0.15, 0.2) is 34.8 Å². The molecule has 2 aromatic carbocycles. The summed E-state index contributed by atoms with van der Waals surface area (Å²) < 4.78 is 0.847. The van der Waals surface area contributed by atoms with E-state index >= 15 is 0 Å². The van der Waals surface area contributed by atoms with E-state index in [2.05, 4.69) is 15.9 Å². The predicted octanol–water partition coefficient (Wildman–Crippen LogP) is 3.96. The van der Waals surface area contributed by atoms with E-state index < -0.39 is 0 Å². The Morgan fingerprint density at radius 1 is 1.23 bits per heavy atom. The molecule has 1 nitrogen and oxygen atoms in total. The average Bonchev–Trinajstić information content (AvgIpc) is 2.02. The fourth-order valence-corrected chi connectivity index (χ4v) is 2.07. The Morgan fingerprint density at radius 2 is 2.00 bits per heavy atom. The van der Waals surface area contributed by atoms with Crippen molar-refractivity contribution >= 4 is 38.3 Å². The van der Waals surface area contributed by atoms with E-state index in [-0.39, 0.29) is 5.75 Å². The third-order valence-corrected chi connectivity index (χ3v) is 2.64. The molecule has 0 fully saturated rings. The van der Waals surface area contributed by atoms with Crippen molar-refractivity contribution in [3.8, 4) is 5.75 Å². The van der Waals surface area contributed by atoms with Gasteiger partial charge < -0.3 is 5.11 Å². The smallest absolute Gasteiger partial charge is 0.126 e. The molecule has 0 atom stereocenters. The minimum absolute atomic E-state index is 0.204. The van der Waals surface area contributed by atoms with Gasteiger partial charge in [-0.3, -0.25) is 0 Å². The van der Waals surface area contributed by atoms with Crippen molar-refractivity contribution in [3.05, 3.63) is 39.8 Å². The number of hydrogen-bond donors (Lipinski definition) is 1. The maximum Gasteiger partial charge on any atom is 0.126 e. The molecule has 0 aromatic heterocycles. The maximum absolute atomic E-state index is 9.62. The molecule has 3 heteroatoms.